The van der Waals surface area contributed by atoms with Crippen molar-refractivity contribution in [3.63, 3.8) is 0 Å². The highest BCUT2D eigenvalue weighted by molar-refractivity contribution is 5.92. The van der Waals surface area contributed by atoms with Crippen LogP contribution in [0, 0.1) is 0 Å². The number of nitrogens with two attached hydrogens (primary N) is 2. The molecule has 2 aromatic heterocycles. The SMILES string of the molecule is Nc1cccc(NC(=O)Cn2cnc3c(N)ncnc32)c1. The summed E-state index contributed by atoms with van der Waals surface area (Å²) in [4.78, 5) is 24.1. The molecular formula is C13H13N7O. The molecule has 0 unspecified atom stereocenters. The molecule has 0 aliphatic rings. The second-order valence-corrected chi connectivity index (χ2v) is 4.48. The molecule has 0 saturated carbocycles. The Morgan fingerprint density at radius 3 is 2.90 bits per heavy atom. The number of benzene rings is 1. The standard InChI is InChI=1S/C13H13N7O/c14-8-2-1-3-9(4-8)19-10(21)5-20-7-18-11-12(15)16-6-17-13(11)20/h1-4,6-7H,5,14H2,(H,19,21)(H2,15,16,17). The molecule has 0 aliphatic heterocycles. The molecule has 3 aromatic rings. The number of fused-ring (bicyclic) bond motifs is 1. The number of aromatic nitrogens is 4. The zero-order valence-corrected chi connectivity index (χ0v) is 11.0. The second kappa shape index (κ2) is 5.08. The van der Waals surface area contributed by atoms with Gasteiger partial charge in [0.2, 0.25) is 5.91 Å². The van der Waals surface area contributed by atoms with Gasteiger partial charge in [0.25, 0.3) is 0 Å². The van der Waals surface area contributed by atoms with E-state index >= 15 is 0 Å². The fraction of sp³-hybridized carbons (Fsp3) is 0.0769. The molecule has 0 fully saturated rings. The van der Waals surface area contributed by atoms with E-state index in [2.05, 4.69) is 20.3 Å². The van der Waals surface area contributed by atoms with Crippen LogP contribution in [0.4, 0.5) is 17.2 Å². The Morgan fingerprint density at radius 2 is 2.10 bits per heavy atom. The van der Waals surface area contributed by atoms with E-state index in [0.29, 0.717) is 22.5 Å². The van der Waals surface area contributed by atoms with Crippen LogP contribution in [0.5, 0.6) is 0 Å². The first-order chi connectivity index (χ1) is 10.1. The fourth-order valence-corrected chi connectivity index (χ4v) is 1.99. The molecule has 1 amide bonds. The van der Waals surface area contributed by atoms with Crippen LogP contribution in [0.25, 0.3) is 11.2 Å². The van der Waals surface area contributed by atoms with E-state index in [-0.39, 0.29) is 18.3 Å². The predicted octanol–water partition coefficient (Wildman–Crippen LogP) is 0.629. The van der Waals surface area contributed by atoms with Crippen molar-refractivity contribution in [2.45, 2.75) is 6.54 Å². The minimum absolute atomic E-state index is 0.0712. The zero-order valence-electron chi connectivity index (χ0n) is 11.0. The van der Waals surface area contributed by atoms with Crippen molar-refractivity contribution in [1.82, 2.24) is 19.5 Å². The monoisotopic (exact) mass is 283 g/mol. The first-order valence-corrected chi connectivity index (χ1v) is 6.20. The van der Waals surface area contributed by atoms with Gasteiger partial charge < -0.3 is 21.4 Å². The van der Waals surface area contributed by atoms with Crippen LogP contribution in [-0.2, 0) is 11.3 Å². The molecule has 1 aromatic carbocycles. The van der Waals surface area contributed by atoms with Crippen molar-refractivity contribution >= 4 is 34.3 Å². The summed E-state index contributed by atoms with van der Waals surface area (Å²) in [5, 5.41) is 2.76. The first-order valence-electron chi connectivity index (χ1n) is 6.20. The van der Waals surface area contributed by atoms with Gasteiger partial charge in [-0.2, -0.15) is 0 Å². The highest BCUT2D eigenvalue weighted by Crippen LogP contribution is 2.15. The molecule has 3 rings (SSSR count). The van der Waals surface area contributed by atoms with Gasteiger partial charge in [-0.15, -0.1) is 0 Å². The number of nitrogens with one attached hydrogen (secondary N) is 1. The Kier molecular flexibility index (Phi) is 3.11. The van der Waals surface area contributed by atoms with E-state index in [4.69, 9.17) is 11.5 Å². The van der Waals surface area contributed by atoms with E-state index < -0.39 is 0 Å². The Bertz CT molecular complexity index is 811. The van der Waals surface area contributed by atoms with E-state index in [1.807, 2.05) is 0 Å². The van der Waals surface area contributed by atoms with Crippen molar-refractivity contribution in [2.75, 3.05) is 16.8 Å². The zero-order chi connectivity index (χ0) is 14.8. The first kappa shape index (κ1) is 12.9. The number of hydrogen-bond acceptors (Lipinski definition) is 6. The lowest BCUT2D eigenvalue weighted by Gasteiger charge is -2.07. The molecule has 8 heteroatoms. The van der Waals surface area contributed by atoms with Crippen LogP contribution < -0.4 is 16.8 Å². The van der Waals surface area contributed by atoms with Crippen LogP contribution in [0.3, 0.4) is 0 Å². The van der Waals surface area contributed by atoms with E-state index in [9.17, 15) is 4.79 Å². The largest absolute Gasteiger partial charge is 0.399 e. The number of amides is 1. The van der Waals surface area contributed by atoms with Gasteiger partial charge in [-0.25, -0.2) is 15.0 Å². The van der Waals surface area contributed by atoms with Crippen LogP contribution in [-0.4, -0.2) is 25.4 Å². The van der Waals surface area contributed by atoms with Gasteiger partial charge in [-0.05, 0) is 18.2 Å². The lowest BCUT2D eigenvalue weighted by molar-refractivity contribution is -0.116. The van der Waals surface area contributed by atoms with Crippen molar-refractivity contribution in [1.29, 1.82) is 0 Å². The number of rotatable bonds is 3. The normalized spacial score (nSPS) is 10.7. The third kappa shape index (κ3) is 2.59. The van der Waals surface area contributed by atoms with Gasteiger partial charge >= 0.3 is 0 Å². The molecule has 0 aliphatic carbocycles. The number of carbonyl (C=O) groups excluding carboxylic acids is 1. The summed E-state index contributed by atoms with van der Waals surface area (Å²) < 4.78 is 1.61. The average Bonchev–Trinajstić information content (AvgIpc) is 2.83. The van der Waals surface area contributed by atoms with E-state index in [0.717, 1.165) is 0 Å². The lowest BCUT2D eigenvalue weighted by Crippen LogP contribution is -2.18. The van der Waals surface area contributed by atoms with Gasteiger partial charge in [0.05, 0.1) is 6.33 Å². The Morgan fingerprint density at radius 1 is 1.24 bits per heavy atom. The summed E-state index contributed by atoms with van der Waals surface area (Å²) in [5.74, 6) is 0.0760. The van der Waals surface area contributed by atoms with Gasteiger partial charge in [0.1, 0.15) is 18.4 Å². The molecule has 8 nitrogen and oxygen atoms in total. The summed E-state index contributed by atoms with van der Waals surface area (Å²) >= 11 is 0. The van der Waals surface area contributed by atoms with Crippen LogP contribution >= 0.6 is 0 Å². The molecular weight excluding hydrogens is 270 g/mol. The van der Waals surface area contributed by atoms with Gasteiger partial charge in [-0.3, -0.25) is 4.79 Å². The molecule has 5 N–H and O–H groups in total. The van der Waals surface area contributed by atoms with Crippen molar-refractivity contribution in [2.24, 2.45) is 0 Å². The average molecular weight is 283 g/mol. The molecule has 0 radical (unpaired) electrons. The Balaban J connectivity index is 1.79. The minimum Gasteiger partial charge on any atom is -0.399 e. The smallest absolute Gasteiger partial charge is 0.244 e. The summed E-state index contributed by atoms with van der Waals surface area (Å²) in [6, 6.07) is 6.97. The molecule has 0 atom stereocenters. The van der Waals surface area contributed by atoms with Gasteiger partial charge in [0.15, 0.2) is 11.5 Å². The van der Waals surface area contributed by atoms with Crippen LogP contribution in [0.1, 0.15) is 0 Å². The summed E-state index contributed by atoms with van der Waals surface area (Å²) in [7, 11) is 0. The van der Waals surface area contributed by atoms with Gasteiger partial charge in [-0.1, -0.05) is 6.07 Å². The van der Waals surface area contributed by atoms with Crippen molar-refractivity contribution in [3.05, 3.63) is 36.9 Å². The highest BCUT2D eigenvalue weighted by atomic mass is 16.1. The fourth-order valence-electron chi connectivity index (χ4n) is 1.99. The van der Waals surface area contributed by atoms with Crippen molar-refractivity contribution < 1.29 is 4.79 Å². The van der Waals surface area contributed by atoms with Crippen molar-refractivity contribution in [3.8, 4) is 0 Å². The molecule has 106 valence electrons. The minimum atomic E-state index is -0.211. The second-order valence-electron chi connectivity index (χ2n) is 4.48. The topological polar surface area (TPSA) is 125 Å². The number of carbonyl (C=O) groups is 1. The van der Waals surface area contributed by atoms with Crippen LogP contribution in [0.2, 0.25) is 0 Å². The number of anilines is 3. The summed E-state index contributed by atoms with van der Waals surface area (Å²) in [6.45, 7) is 0.0712. The quantitative estimate of drug-likeness (QED) is 0.605. The van der Waals surface area contributed by atoms with E-state index in [1.54, 1.807) is 28.8 Å². The highest BCUT2D eigenvalue weighted by Gasteiger charge is 2.11. The molecule has 0 spiro atoms. The Hall–Kier alpha value is -3.16. The van der Waals surface area contributed by atoms with Crippen LogP contribution in [0.15, 0.2) is 36.9 Å². The Labute approximate surface area is 119 Å². The number of nitrogens with zero attached hydrogens (tertiary/aromatic N) is 4. The van der Waals surface area contributed by atoms with E-state index in [1.165, 1.54) is 12.7 Å². The molecule has 2 heterocycles. The number of hydrogen-bond donors (Lipinski definition) is 3. The third-order valence-corrected chi connectivity index (χ3v) is 2.91. The lowest BCUT2D eigenvalue weighted by atomic mass is 10.3. The predicted molar refractivity (Wildman–Crippen MR) is 79.2 cm³/mol. The maximum absolute atomic E-state index is 12.0. The maximum atomic E-state index is 12.0. The summed E-state index contributed by atoms with van der Waals surface area (Å²) in [5.41, 5.74) is 13.6. The molecule has 21 heavy (non-hydrogen) atoms. The third-order valence-electron chi connectivity index (χ3n) is 2.91. The maximum Gasteiger partial charge on any atom is 0.244 e. The molecule has 0 bridgehead atoms. The van der Waals surface area contributed by atoms with Gasteiger partial charge in [0, 0.05) is 11.4 Å². The number of nitrogen functional groups attached to an aromatic ring is 2. The number of imidazole rings is 1. The molecule has 0 saturated heterocycles. The summed E-state index contributed by atoms with van der Waals surface area (Å²) in [6.07, 6.45) is 2.85.